The number of piperidine rings is 1. The Labute approximate surface area is 142 Å². The zero-order valence-electron chi connectivity index (χ0n) is 13.9. The lowest BCUT2D eigenvalue weighted by molar-refractivity contribution is -0.116. The van der Waals surface area contributed by atoms with Crippen LogP contribution < -0.4 is 5.32 Å². The zero-order valence-corrected chi connectivity index (χ0v) is 13.9. The average Bonchev–Trinajstić information content (AvgIpc) is 2.64. The number of carbonyl (C=O) groups excluding carboxylic acids is 1. The fourth-order valence-electron chi connectivity index (χ4n) is 2.97. The molecule has 1 aromatic heterocycles. The number of nitrogens with zero attached hydrogens (tertiary/aromatic N) is 3. The third-order valence-electron chi connectivity index (χ3n) is 4.27. The van der Waals surface area contributed by atoms with Crippen molar-refractivity contribution in [1.29, 1.82) is 0 Å². The van der Waals surface area contributed by atoms with E-state index in [2.05, 4.69) is 20.2 Å². The molecule has 0 radical (unpaired) electrons. The van der Waals surface area contributed by atoms with Gasteiger partial charge in [0.2, 0.25) is 5.91 Å². The minimum Gasteiger partial charge on any atom is -0.353 e. The van der Waals surface area contributed by atoms with Crippen molar-refractivity contribution in [3.05, 3.63) is 42.2 Å². The van der Waals surface area contributed by atoms with Crippen LogP contribution in [0.4, 0.5) is 0 Å². The van der Waals surface area contributed by atoms with Crippen molar-refractivity contribution in [2.75, 3.05) is 26.2 Å². The van der Waals surface area contributed by atoms with Gasteiger partial charge in [0.25, 0.3) is 0 Å². The Morgan fingerprint density at radius 2 is 1.96 bits per heavy atom. The van der Waals surface area contributed by atoms with Crippen molar-refractivity contribution in [3.8, 4) is 0 Å². The summed E-state index contributed by atoms with van der Waals surface area (Å²) >= 11 is 0. The van der Waals surface area contributed by atoms with Gasteiger partial charge in [-0.25, -0.2) is 4.98 Å². The Hall–Kier alpha value is -2.27. The predicted molar refractivity (Wildman–Crippen MR) is 96.5 cm³/mol. The number of rotatable bonds is 6. The highest BCUT2D eigenvalue weighted by Gasteiger charge is 2.08. The second-order valence-corrected chi connectivity index (χ2v) is 6.16. The van der Waals surface area contributed by atoms with Crippen LogP contribution in [-0.2, 0) is 4.79 Å². The molecule has 0 unspecified atom stereocenters. The summed E-state index contributed by atoms with van der Waals surface area (Å²) in [6.07, 6.45) is 9.89. The number of nitrogens with one attached hydrogen (secondary N) is 1. The van der Waals surface area contributed by atoms with Gasteiger partial charge in [-0.1, -0.05) is 18.6 Å². The molecule has 2 aromatic rings. The van der Waals surface area contributed by atoms with Crippen molar-refractivity contribution in [2.24, 2.45) is 0 Å². The van der Waals surface area contributed by atoms with Crippen LogP contribution in [0.3, 0.4) is 0 Å². The van der Waals surface area contributed by atoms with Gasteiger partial charge in [-0.2, -0.15) is 0 Å². The Morgan fingerprint density at radius 3 is 2.79 bits per heavy atom. The number of aromatic nitrogens is 2. The third-order valence-corrected chi connectivity index (χ3v) is 4.27. The summed E-state index contributed by atoms with van der Waals surface area (Å²) in [7, 11) is 0. The molecule has 5 nitrogen and oxygen atoms in total. The summed E-state index contributed by atoms with van der Waals surface area (Å²) in [6.45, 7) is 4.19. The summed E-state index contributed by atoms with van der Waals surface area (Å²) in [5, 5.41) is 2.93. The molecule has 126 valence electrons. The van der Waals surface area contributed by atoms with E-state index in [0.29, 0.717) is 12.2 Å². The number of para-hydroxylation sites is 2. The van der Waals surface area contributed by atoms with E-state index in [1.807, 2.05) is 24.3 Å². The summed E-state index contributed by atoms with van der Waals surface area (Å²) in [5.74, 6) is -0.0800. The predicted octanol–water partition coefficient (Wildman–Crippen LogP) is 2.64. The summed E-state index contributed by atoms with van der Waals surface area (Å²) in [5.41, 5.74) is 2.38. The van der Waals surface area contributed by atoms with Gasteiger partial charge in [-0.05, 0) is 57.1 Å². The monoisotopic (exact) mass is 324 g/mol. The van der Waals surface area contributed by atoms with Crippen LogP contribution >= 0.6 is 0 Å². The molecule has 0 spiro atoms. The molecule has 1 aliphatic rings. The minimum absolute atomic E-state index is 0.0800. The Bertz CT molecular complexity index is 707. The largest absolute Gasteiger partial charge is 0.353 e. The maximum absolute atomic E-state index is 11.9. The van der Waals surface area contributed by atoms with Crippen molar-refractivity contribution >= 4 is 23.0 Å². The molecule has 0 saturated carbocycles. The van der Waals surface area contributed by atoms with Crippen LogP contribution in [0.15, 0.2) is 36.5 Å². The van der Waals surface area contributed by atoms with Crippen LogP contribution in [-0.4, -0.2) is 47.0 Å². The molecule has 1 N–H and O–H groups in total. The van der Waals surface area contributed by atoms with E-state index in [1.165, 1.54) is 38.4 Å². The van der Waals surface area contributed by atoms with Gasteiger partial charge >= 0.3 is 0 Å². The Kier molecular flexibility index (Phi) is 5.90. The SMILES string of the molecule is O=C(/C=C/c1cnc2ccccc2n1)NCCCN1CCCCC1. The van der Waals surface area contributed by atoms with Crippen LogP contribution in [0, 0.1) is 0 Å². The molecule has 5 heteroatoms. The van der Waals surface area contributed by atoms with E-state index in [9.17, 15) is 4.79 Å². The molecular formula is C19H24N4O. The van der Waals surface area contributed by atoms with Crippen molar-refractivity contribution in [1.82, 2.24) is 20.2 Å². The molecule has 0 bridgehead atoms. The highest BCUT2D eigenvalue weighted by Crippen LogP contribution is 2.09. The molecule has 1 amide bonds. The van der Waals surface area contributed by atoms with Crippen molar-refractivity contribution in [2.45, 2.75) is 25.7 Å². The lowest BCUT2D eigenvalue weighted by Gasteiger charge is -2.26. The molecule has 0 atom stereocenters. The molecule has 1 aliphatic heterocycles. The van der Waals surface area contributed by atoms with Gasteiger partial charge < -0.3 is 10.2 Å². The Morgan fingerprint density at radius 1 is 1.17 bits per heavy atom. The highest BCUT2D eigenvalue weighted by atomic mass is 16.1. The van der Waals surface area contributed by atoms with Crippen molar-refractivity contribution in [3.63, 3.8) is 0 Å². The first kappa shape index (κ1) is 16.6. The van der Waals surface area contributed by atoms with E-state index in [0.717, 1.165) is 24.0 Å². The van der Waals surface area contributed by atoms with Gasteiger partial charge in [0, 0.05) is 12.6 Å². The number of amides is 1. The van der Waals surface area contributed by atoms with Gasteiger partial charge in [0.1, 0.15) is 0 Å². The molecule has 3 rings (SSSR count). The maximum Gasteiger partial charge on any atom is 0.244 e. The van der Waals surface area contributed by atoms with Gasteiger partial charge in [0.15, 0.2) is 0 Å². The zero-order chi connectivity index (χ0) is 16.6. The van der Waals surface area contributed by atoms with Gasteiger partial charge in [-0.15, -0.1) is 0 Å². The summed E-state index contributed by atoms with van der Waals surface area (Å²) in [6, 6.07) is 7.70. The lowest BCUT2D eigenvalue weighted by Crippen LogP contribution is -2.33. The van der Waals surface area contributed by atoms with Crippen molar-refractivity contribution < 1.29 is 4.79 Å². The first-order valence-corrected chi connectivity index (χ1v) is 8.71. The topological polar surface area (TPSA) is 58.1 Å². The summed E-state index contributed by atoms with van der Waals surface area (Å²) in [4.78, 5) is 23.2. The normalized spacial score (nSPS) is 15.8. The smallest absolute Gasteiger partial charge is 0.244 e. The third kappa shape index (κ3) is 4.86. The second kappa shape index (κ2) is 8.55. The van der Waals surface area contributed by atoms with E-state index in [-0.39, 0.29) is 5.91 Å². The number of carbonyl (C=O) groups is 1. The molecular weight excluding hydrogens is 300 g/mol. The number of likely N-dealkylation sites (tertiary alicyclic amines) is 1. The number of fused-ring (bicyclic) bond motifs is 1. The van der Waals surface area contributed by atoms with Gasteiger partial charge in [-0.3, -0.25) is 9.78 Å². The highest BCUT2D eigenvalue weighted by molar-refractivity contribution is 5.91. The number of benzene rings is 1. The van der Waals surface area contributed by atoms with Crippen LogP contribution in [0.25, 0.3) is 17.1 Å². The molecule has 1 aromatic carbocycles. The van der Waals surface area contributed by atoms with E-state index in [1.54, 1.807) is 12.3 Å². The van der Waals surface area contributed by atoms with E-state index in [4.69, 9.17) is 0 Å². The first-order chi connectivity index (χ1) is 11.8. The maximum atomic E-state index is 11.9. The molecule has 1 fully saturated rings. The first-order valence-electron chi connectivity index (χ1n) is 8.71. The minimum atomic E-state index is -0.0800. The number of hydrogen-bond donors (Lipinski definition) is 1. The standard InChI is InChI=1S/C19H24N4O/c24-19(20-11-6-14-23-12-4-1-5-13-23)10-9-16-15-21-17-7-2-3-8-18(17)22-16/h2-3,7-10,15H,1,4-6,11-14H2,(H,20,24)/b10-9+. The quantitative estimate of drug-likeness (QED) is 0.655. The molecule has 1 saturated heterocycles. The molecule has 24 heavy (non-hydrogen) atoms. The van der Waals surface area contributed by atoms with E-state index >= 15 is 0 Å². The van der Waals surface area contributed by atoms with Gasteiger partial charge in [0.05, 0.1) is 22.9 Å². The second-order valence-electron chi connectivity index (χ2n) is 6.16. The summed E-state index contributed by atoms with van der Waals surface area (Å²) < 4.78 is 0. The number of hydrogen-bond acceptors (Lipinski definition) is 4. The molecule has 2 heterocycles. The fraction of sp³-hybridized carbons (Fsp3) is 0.421. The van der Waals surface area contributed by atoms with E-state index < -0.39 is 0 Å². The Balaban J connectivity index is 1.42. The van der Waals surface area contributed by atoms with Crippen LogP contribution in [0.5, 0.6) is 0 Å². The fourth-order valence-corrected chi connectivity index (χ4v) is 2.97. The lowest BCUT2D eigenvalue weighted by atomic mass is 10.1. The van der Waals surface area contributed by atoms with Crippen LogP contribution in [0.2, 0.25) is 0 Å². The van der Waals surface area contributed by atoms with Crippen LogP contribution in [0.1, 0.15) is 31.4 Å². The average molecular weight is 324 g/mol. The molecule has 0 aliphatic carbocycles.